The zero-order valence-electron chi connectivity index (χ0n) is 8.53. The second-order valence-corrected chi connectivity index (χ2v) is 3.71. The van der Waals surface area contributed by atoms with Crippen LogP contribution in [0.15, 0.2) is 24.3 Å². The van der Waals surface area contributed by atoms with Crippen LogP contribution in [-0.2, 0) is 4.79 Å². The van der Waals surface area contributed by atoms with Crippen molar-refractivity contribution in [1.29, 1.82) is 0 Å². The smallest absolute Gasteiger partial charge is 0.224 e. The van der Waals surface area contributed by atoms with Crippen molar-refractivity contribution in [3.05, 3.63) is 30.1 Å². The molecule has 1 fully saturated rings. The van der Waals surface area contributed by atoms with Gasteiger partial charge in [-0.3, -0.25) is 4.79 Å². The molecule has 0 saturated carbocycles. The fraction of sp³-hybridized carbons (Fsp3) is 0.364. The second kappa shape index (κ2) is 3.88. The Hall–Kier alpha value is -1.58. The number of benzene rings is 1. The fourth-order valence-electron chi connectivity index (χ4n) is 1.71. The first kappa shape index (κ1) is 9.96. The molecule has 1 aliphatic heterocycles. The Bertz CT molecular complexity index is 363. The van der Waals surface area contributed by atoms with Crippen LogP contribution in [0, 0.1) is 5.82 Å². The molecule has 4 heteroatoms. The molecule has 1 heterocycles. The molecule has 0 spiro atoms. The van der Waals surface area contributed by atoms with Gasteiger partial charge in [0, 0.05) is 19.2 Å². The number of carbonyl (C=O) groups is 1. The molecule has 1 aliphatic rings. The van der Waals surface area contributed by atoms with Gasteiger partial charge in [-0.25, -0.2) is 4.39 Å². The van der Waals surface area contributed by atoms with Crippen molar-refractivity contribution in [3.63, 3.8) is 0 Å². The van der Waals surface area contributed by atoms with Crippen LogP contribution in [0.1, 0.15) is 12.8 Å². The van der Waals surface area contributed by atoms with E-state index in [4.69, 9.17) is 0 Å². The average Bonchev–Trinajstić information content (AvgIpc) is 2.53. The average molecular weight is 208 g/mol. The van der Waals surface area contributed by atoms with E-state index in [9.17, 15) is 9.18 Å². The molecule has 1 saturated heterocycles. The van der Waals surface area contributed by atoms with Crippen molar-refractivity contribution in [2.75, 3.05) is 12.4 Å². The molecule has 2 rings (SSSR count). The number of anilines is 1. The number of hydrogen-bond acceptors (Lipinski definition) is 2. The summed E-state index contributed by atoms with van der Waals surface area (Å²) in [4.78, 5) is 12.9. The zero-order chi connectivity index (χ0) is 10.8. The van der Waals surface area contributed by atoms with E-state index in [0.717, 1.165) is 12.1 Å². The quantitative estimate of drug-likeness (QED) is 0.804. The van der Waals surface area contributed by atoms with Gasteiger partial charge in [0.1, 0.15) is 12.0 Å². The lowest BCUT2D eigenvalue weighted by atomic mass is 10.3. The highest BCUT2D eigenvalue weighted by molar-refractivity contribution is 5.78. The molecule has 1 N–H and O–H groups in total. The van der Waals surface area contributed by atoms with E-state index in [-0.39, 0.29) is 17.9 Å². The molecule has 0 aromatic heterocycles. The van der Waals surface area contributed by atoms with Crippen molar-refractivity contribution in [3.8, 4) is 0 Å². The zero-order valence-corrected chi connectivity index (χ0v) is 8.53. The van der Waals surface area contributed by atoms with E-state index in [1.165, 1.54) is 12.1 Å². The van der Waals surface area contributed by atoms with Crippen LogP contribution >= 0.6 is 0 Å². The summed E-state index contributed by atoms with van der Waals surface area (Å²) < 4.78 is 12.6. The third-order valence-corrected chi connectivity index (χ3v) is 2.67. The topological polar surface area (TPSA) is 32.3 Å². The van der Waals surface area contributed by atoms with Gasteiger partial charge in [0.05, 0.1) is 0 Å². The highest BCUT2D eigenvalue weighted by atomic mass is 19.1. The van der Waals surface area contributed by atoms with E-state index < -0.39 is 0 Å². The maximum absolute atomic E-state index is 12.6. The van der Waals surface area contributed by atoms with Gasteiger partial charge in [-0.15, -0.1) is 0 Å². The van der Waals surface area contributed by atoms with E-state index in [2.05, 4.69) is 5.32 Å². The Morgan fingerprint density at radius 2 is 2.07 bits per heavy atom. The minimum absolute atomic E-state index is 0.0305. The molecular formula is C11H13FN2O. The standard InChI is InChI=1S/C11H13FN2O/c1-14-10(6-7-11(14)15)13-9-4-2-8(12)3-5-9/h2-5,10,13H,6-7H2,1H3. The van der Waals surface area contributed by atoms with Gasteiger partial charge in [0.15, 0.2) is 0 Å². The number of likely N-dealkylation sites (tertiary alicyclic amines) is 1. The lowest BCUT2D eigenvalue weighted by molar-refractivity contribution is -0.127. The Morgan fingerprint density at radius 3 is 2.60 bits per heavy atom. The molecule has 0 aliphatic carbocycles. The summed E-state index contributed by atoms with van der Waals surface area (Å²) >= 11 is 0. The molecule has 15 heavy (non-hydrogen) atoms. The second-order valence-electron chi connectivity index (χ2n) is 3.71. The van der Waals surface area contributed by atoms with Crippen molar-refractivity contribution in [1.82, 2.24) is 4.90 Å². The Labute approximate surface area is 87.9 Å². The molecule has 0 bridgehead atoms. The minimum atomic E-state index is -0.253. The summed E-state index contributed by atoms with van der Waals surface area (Å²) in [7, 11) is 1.77. The van der Waals surface area contributed by atoms with Gasteiger partial charge >= 0.3 is 0 Å². The van der Waals surface area contributed by atoms with Crippen LogP contribution in [-0.4, -0.2) is 24.0 Å². The van der Waals surface area contributed by atoms with E-state index >= 15 is 0 Å². The van der Waals surface area contributed by atoms with Gasteiger partial charge in [-0.1, -0.05) is 0 Å². The number of nitrogens with one attached hydrogen (secondary N) is 1. The van der Waals surface area contributed by atoms with Crippen LogP contribution < -0.4 is 5.32 Å². The summed E-state index contributed by atoms with van der Waals surface area (Å²) in [6.07, 6.45) is 1.41. The first-order valence-corrected chi connectivity index (χ1v) is 4.94. The highest BCUT2D eigenvalue weighted by Crippen LogP contribution is 2.19. The number of hydrogen-bond donors (Lipinski definition) is 1. The molecule has 80 valence electrons. The first-order valence-electron chi connectivity index (χ1n) is 4.94. The Kier molecular flexibility index (Phi) is 2.58. The highest BCUT2D eigenvalue weighted by Gasteiger charge is 2.27. The van der Waals surface area contributed by atoms with Gasteiger partial charge in [0.25, 0.3) is 0 Å². The van der Waals surface area contributed by atoms with Gasteiger partial charge in [-0.2, -0.15) is 0 Å². The van der Waals surface area contributed by atoms with Crippen molar-refractivity contribution < 1.29 is 9.18 Å². The fourth-order valence-corrected chi connectivity index (χ4v) is 1.71. The lowest BCUT2D eigenvalue weighted by Gasteiger charge is -2.22. The number of amides is 1. The van der Waals surface area contributed by atoms with Crippen molar-refractivity contribution in [2.45, 2.75) is 19.0 Å². The largest absolute Gasteiger partial charge is 0.365 e. The molecule has 1 unspecified atom stereocenters. The summed E-state index contributed by atoms with van der Waals surface area (Å²) in [6.45, 7) is 0. The summed E-state index contributed by atoms with van der Waals surface area (Å²) in [6, 6.07) is 6.15. The number of carbonyl (C=O) groups excluding carboxylic acids is 1. The Morgan fingerprint density at radius 1 is 1.40 bits per heavy atom. The SMILES string of the molecule is CN1C(=O)CCC1Nc1ccc(F)cc1. The maximum Gasteiger partial charge on any atom is 0.224 e. The number of nitrogens with zero attached hydrogens (tertiary/aromatic N) is 1. The van der Waals surface area contributed by atoms with Crippen molar-refractivity contribution >= 4 is 11.6 Å². The third kappa shape index (κ3) is 2.09. The maximum atomic E-state index is 12.6. The molecule has 1 aromatic rings. The predicted octanol–water partition coefficient (Wildman–Crippen LogP) is 1.82. The minimum Gasteiger partial charge on any atom is -0.365 e. The number of rotatable bonds is 2. The Balaban J connectivity index is 2.03. The van der Waals surface area contributed by atoms with Crippen LogP contribution in [0.25, 0.3) is 0 Å². The van der Waals surface area contributed by atoms with E-state index in [0.29, 0.717) is 6.42 Å². The van der Waals surface area contributed by atoms with E-state index in [1.807, 2.05) is 0 Å². The normalized spacial score (nSPS) is 20.8. The lowest BCUT2D eigenvalue weighted by Crippen LogP contribution is -2.34. The van der Waals surface area contributed by atoms with E-state index in [1.54, 1.807) is 24.1 Å². The van der Waals surface area contributed by atoms with Crippen LogP contribution in [0.2, 0.25) is 0 Å². The predicted molar refractivity (Wildman–Crippen MR) is 55.8 cm³/mol. The monoisotopic (exact) mass is 208 g/mol. The summed E-state index contributed by atoms with van der Waals surface area (Å²) in [5.74, 6) is -0.106. The summed E-state index contributed by atoms with van der Waals surface area (Å²) in [5.41, 5.74) is 0.836. The molecule has 3 nitrogen and oxygen atoms in total. The van der Waals surface area contributed by atoms with Crippen LogP contribution in [0.5, 0.6) is 0 Å². The van der Waals surface area contributed by atoms with Crippen LogP contribution in [0.4, 0.5) is 10.1 Å². The molecule has 0 radical (unpaired) electrons. The van der Waals surface area contributed by atoms with Gasteiger partial charge in [-0.05, 0) is 30.7 Å². The summed E-state index contributed by atoms with van der Waals surface area (Å²) in [5, 5.41) is 3.19. The molecule has 1 amide bonds. The molecule has 1 aromatic carbocycles. The molecular weight excluding hydrogens is 195 g/mol. The van der Waals surface area contributed by atoms with Gasteiger partial charge < -0.3 is 10.2 Å². The van der Waals surface area contributed by atoms with Crippen molar-refractivity contribution in [2.24, 2.45) is 0 Å². The third-order valence-electron chi connectivity index (χ3n) is 2.67. The first-order chi connectivity index (χ1) is 7.16. The van der Waals surface area contributed by atoms with Gasteiger partial charge in [0.2, 0.25) is 5.91 Å². The van der Waals surface area contributed by atoms with Crippen LogP contribution in [0.3, 0.4) is 0 Å². The number of halogens is 1. The molecule has 1 atom stereocenters.